The molecule has 0 aliphatic carbocycles. The Labute approximate surface area is 90.7 Å². The van der Waals surface area contributed by atoms with Crippen LogP contribution in [0.1, 0.15) is 0 Å². The van der Waals surface area contributed by atoms with Crippen molar-refractivity contribution in [1.29, 1.82) is 0 Å². The SMILES string of the molecule is Cn1cnnc1-c1cc([N+](=O)[O-])ccc1N. The van der Waals surface area contributed by atoms with Crippen molar-refractivity contribution in [2.75, 3.05) is 5.73 Å². The van der Waals surface area contributed by atoms with Gasteiger partial charge in [-0.3, -0.25) is 10.1 Å². The van der Waals surface area contributed by atoms with E-state index >= 15 is 0 Å². The molecule has 16 heavy (non-hydrogen) atoms. The van der Waals surface area contributed by atoms with Gasteiger partial charge in [-0.25, -0.2) is 0 Å². The van der Waals surface area contributed by atoms with E-state index in [1.807, 2.05) is 0 Å². The van der Waals surface area contributed by atoms with E-state index in [-0.39, 0.29) is 5.69 Å². The molecule has 1 aromatic heterocycles. The second-order valence-electron chi connectivity index (χ2n) is 3.29. The number of hydrogen-bond donors (Lipinski definition) is 1. The Hall–Kier alpha value is -2.44. The van der Waals surface area contributed by atoms with E-state index in [9.17, 15) is 10.1 Å². The maximum atomic E-state index is 10.6. The molecule has 82 valence electrons. The average molecular weight is 219 g/mol. The molecule has 0 unspecified atom stereocenters. The topological polar surface area (TPSA) is 99.9 Å². The number of rotatable bonds is 2. The van der Waals surface area contributed by atoms with E-state index in [1.165, 1.54) is 24.5 Å². The van der Waals surface area contributed by atoms with Gasteiger partial charge in [0.15, 0.2) is 5.82 Å². The third-order valence-corrected chi connectivity index (χ3v) is 2.20. The van der Waals surface area contributed by atoms with Crippen molar-refractivity contribution >= 4 is 11.4 Å². The molecule has 0 atom stereocenters. The average Bonchev–Trinajstić information content (AvgIpc) is 2.65. The number of anilines is 1. The molecule has 0 fully saturated rings. The number of nitrogens with zero attached hydrogens (tertiary/aromatic N) is 4. The first-order valence-electron chi connectivity index (χ1n) is 4.48. The van der Waals surface area contributed by atoms with Crippen molar-refractivity contribution in [2.45, 2.75) is 0 Å². The molecule has 0 spiro atoms. The van der Waals surface area contributed by atoms with Gasteiger partial charge >= 0.3 is 0 Å². The highest BCUT2D eigenvalue weighted by Crippen LogP contribution is 2.27. The lowest BCUT2D eigenvalue weighted by molar-refractivity contribution is -0.384. The fourth-order valence-corrected chi connectivity index (χ4v) is 1.38. The highest BCUT2D eigenvalue weighted by Gasteiger charge is 2.13. The summed E-state index contributed by atoms with van der Waals surface area (Å²) in [6, 6.07) is 4.23. The summed E-state index contributed by atoms with van der Waals surface area (Å²) in [5, 5.41) is 18.2. The first kappa shape index (κ1) is 10.1. The minimum absolute atomic E-state index is 0.0211. The monoisotopic (exact) mass is 219 g/mol. The lowest BCUT2D eigenvalue weighted by Crippen LogP contribution is -1.98. The summed E-state index contributed by atoms with van der Waals surface area (Å²) in [6.45, 7) is 0. The molecule has 1 heterocycles. The fourth-order valence-electron chi connectivity index (χ4n) is 1.38. The van der Waals surface area contributed by atoms with Crippen molar-refractivity contribution in [2.24, 2.45) is 7.05 Å². The van der Waals surface area contributed by atoms with Gasteiger partial charge in [-0.15, -0.1) is 10.2 Å². The molecule has 7 heteroatoms. The number of non-ortho nitro benzene ring substituents is 1. The highest BCUT2D eigenvalue weighted by molar-refractivity contribution is 5.74. The van der Waals surface area contributed by atoms with Gasteiger partial charge in [-0.1, -0.05) is 0 Å². The zero-order valence-electron chi connectivity index (χ0n) is 8.49. The molecular formula is C9H9N5O2. The summed E-state index contributed by atoms with van der Waals surface area (Å²) in [7, 11) is 1.74. The first-order valence-corrected chi connectivity index (χ1v) is 4.48. The molecule has 2 aromatic rings. The summed E-state index contributed by atoms with van der Waals surface area (Å²) in [4.78, 5) is 10.2. The molecule has 1 aromatic carbocycles. The van der Waals surface area contributed by atoms with Crippen molar-refractivity contribution in [3.05, 3.63) is 34.6 Å². The Bertz CT molecular complexity index is 549. The minimum Gasteiger partial charge on any atom is -0.398 e. The molecule has 0 bridgehead atoms. The number of nitro benzene ring substituents is 1. The van der Waals surface area contributed by atoms with Crippen molar-refractivity contribution in [1.82, 2.24) is 14.8 Å². The van der Waals surface area contributed by atoms with E-state index in [0.717, 1.165) is 0 Å². The molecule has 7 nitrogen and oxygen atoms in total. The van der Waals surface area contributed by atoms with Crippen LogP contribution in [-0.4, -0.2) is 19.7 Å². The van der Waals surface area contributed by atoms with Crippen LogP contribution in [0.3, 0.4) is 0 Å². The third-order valence-electron chi connectivity index (χ3n) is 2.20. The standard InChI is InChI=1S/C9H9N5O2/c1-13-5-11-12-9(13)7-4-6(14(15)16)2-3-8(7)10/h2-5H,10H2,1H3. The number of nitro groups is 1. The minimum atomic E-state index is -0.473. The van der Waals surface area contributed by atoms with Gasteiger partial charge in [0.25, 0.3) is 5.69 Å². The van der Waals surface area contributed by atoms with Crippen LogP contribution in [0, 0.1) is 10.1 Å². The van der Waals surface area contributed by atoms with Crippen LogP contribution in [0.4, 0.5) is 11.4 Å². The number of hydrogen-bond acceptors (Lipinski definition) is 5. The largest absolute Gasteiger partial charge is 0.398 e. The lowest BCUT2D eigenvalue weighted by atomic mass is 10.1. The number of aryl methyl sites for hydroxylation is 1. The molecule has 0 saturated carbocycles. The van der Waals surface area contributed by atoms with Gasteiger partial charge < -0.3 is 10.3 Å². The Morgan fingerprint density at radius 2 is 2.25 bits per heavy atom. The lowest BCUT2D eigenvalue weighted by Gasteiger charge is -2.04. The second-order valence-corrected chi connectivity index (χ2v) is 3.29. The smallest absolute Gasteiger partial charge is 0.270 e. The Balaban J connectivity index is 2.60. The summed E-state index contributed by atoms with van der Waals surface area (Å²) in [5.41, 5.74) is 6.67. The van der Waals surface area contributed by atoms with Crippen LogP contribution in [0.15, 0.2) is 24.5 Å². The van der Waals surface area contributed by atoms with Gasteiger partial charge in [0, 0.05) is 30.4 Å². The van der Waals surface area contributed by atoms with Crippen LogP contribution in [-0.2, 0) is 7.05 Å². The molecule has 0 amide bonds. The van der Waals surface area contributed by atoms with Gasteiger partial charge in [0.1, 0.15) is 6.33 Å². The maximum absolute atomic E-state index is 10.6. The van der Waals surface area contributed by atoms with Crippen LogP contribution >= 0.6 is 0 Å². The molecule has 0 aliphatic rings. The summed E-state index contributed by atoms with van der Waals surface area (Å²) in [6.07, 6.45) is 1.51. The summed E-state index contributed by atoms with van der Waals surface area (Å²) < 4.78 is 1.65. The quantitative estimate of drug-likeness (QED) is 0.461. The highest BCUT2D eigenvalue weighted by atomic mass is 16.6. The zero-order chi connectivity index (χ0) is 11.7. The van der Waals surface area contributed by atoms with Gasteiger partial charge in [0.2, 0.25) is 0 Å². The first-order chi connectivity index (χ1) is 7.59. The molecule has 0 saturated heterocycles. The summed E-state index contributed by atoms with van der Waals surface area (Å²) >= 11 is 0. The number of nitrogen functional groups attached to an aromatic ring is 1. The van der Waals surface area contributed by atoms with Crippen molar-refractivity contribution < 1.29 is 4.92 Å². The predicted molar refractivity (Wildman–Crippen MR) is 57.5 cm³/mol. The van der Waals surface area contributed by atoms with E-state index in [2.05, 4.69) is 10.2 Å². The Morgan fingerprint density at radius 1 is 1.50 bits per heavy atom. The van der Waals surface area contributed by atoms with Crippen molar-refractivity contribution in [3.8, 4) is 11.4 Å². The van der Waals surface area contributed by atoms with Crippen LogP contribution in [0.25, 0.3) is 11.4 Å². The molecule has 2 N–H and O–H groups in total. The van der Waals surface area contributed by atoms with Gasteiger partial charge in [-0.2, -0.15) is 0 Å². The number of nitrogens with two attached hydrogens (primary N) is 1. The molecular weight excluding hydrogens is 210 g/mol. The fraction of sp³-hybridized carbons (Fsp3) is 0.111. The molecule has 0 radical (unpaired) electrons. The molecule has 2 rings (SSSR count). The zero-order valence-corrected chi connectivity index (χ0v) is 8.49. The Kier molecular flexibility index (Phi) is 2.28. The Morgan fingerprint density at radius 3 is 2.81 bits per heavy atom. The number of benzene rings is 1. The van der Waals surface area contributed by atoms with E-state index in [0.29, 0.717) is 17.1 Å². The van der Waals surface area contributed by atoms with Gasteiger partial charge in [0.05, 0.1) is 4.92 Å². The van der Waals surface area contributed by atoms with Crippen LogP contribution < -0.4 is 5.73 Å². The van der Waals surface area contributed by atoms with E-state index in [1.54, 1.807) is 11.6 Å². The maximum Gasteiger partial charge on any atom is 0.270 e. The van der Waals surface area contributed by atoms with E-state index in [4.69, 9.17) is 5.73 Å². The third kappa shape index (κ3) is 1.58. The molecule has 0 aliphatic heterocycles. The number of aromatic nitrogens is 3. The second kappa shape index (κ2) is 3.61. The van der Waals surface area contributed by atoms with Crippen LogP contribution in [0.2, 0.25) is 0 Å². The van der Waals surface area contributed by atoms with Crippen molar-refractivity contribution in [3.63, 3.8) is 0 Å². The van der Waals surface area contributed by atoms with Gasteiger partial charge in [-0.05, 0) is 6.07 Å². The van der Waals surface area contributed by atoms with E-state index < -0.39 is 4.92 Å². The predicted octanol–water partition coefficient (Wildman–Crippen LogP) is 0.972. The van der Waals surface area contributed by atoms with Crippen LogP contribution in [0.5, 0.6) is 0 Å². The normalized spacial score (nSPS) is 10.3. The summed E-state index contributed by atoms with van der Waals surface area (Å²) in [5.74, 6) is 0.501.